The number of hydrogen-bond donors (Lipinski definition) is 1. The van der Waals surface area contributed by atoms with E-state index in [1.165, 1.54) is 12.1 Å². The summed E-state index contributed by atoms with van der Waals surface area (Å²) in [6, 6.07) is 13.5. The van der Waals surface area contributed by atoms with Gasteiger partial charge in [0, 0.05) is 37.5 Å². The van der Waals surface area contributed by atoms with Crippen LogP contribution < -0.4 is 9.46 Å². The number of aromatic nitrogens is 2. The molecule has 1 N–H and O–H groups in total. The quantitative estimate of drug-likeness (QED) is 0.364. The van der Waals surface area contributed by atoms with E-state index >= 15 is 0 Å². The number of sulfonamides is 1. The Labute approximate surface area is 249 Å². The van der Waals surface area contributed by atoms with Gasteiger partial charge >= 0.3 is 0 Å². The first-order chi connectivity index (χ1) is 19.8. The van der Waals surface area contributed by atoms with Gasteiger partial charge in [0.05, 0.1) is 16.6 Å². The number of aryl methyl sites for hydroxylation is 2. The Kier molecular flexibility index (Phi) is 9.57. The fourth-order valence-electron chi connectivity index (χ4n) is 5.36. The van der Waals surface area contributed by atoms with Gasteiger partial charge in [0.1, 0.15) is 6.61 Å². The second-order valence-corrected chi connectivity index (χ2v) is 14.1. The van der Waals surface area contributed by atoms with Gasteiger partial charge in [-0.2, -0.15) is 4.98 Å². The Hall–Kier alpha value is -3.50. The van der Waals surface area contributed by atoms with Gasteiger partial charge in [0.2, 0.25) is 11.8 Å². The van der Waals surface area contributed by atoms with Crippen molar-refractivity contribution < 1.29 is 22.7 Å². The van der Waals surface area contributed by atoms with Crippen molar-refractivity contribution in [3.05, 3.63) is 65.2 Å². The zero-order valence-electron chi connectivity index (χ0n) is 25.6. The van der Waals surface area contributed by atoms with Crippen molar-refractivity contribution >= 4 is 21.9 Å². The summed E-state index contributed by atoms with van der Waals surface area (Å²) >= 11 is 0. The molecule has 4 bridgehead atoms. The second-order valence-electron chi connectivity index (χ2n) is 12.4. The zero-order valence-corrected chi connectivity index (χ0v) is 26.4. The molecule has 4 rings (SSSR count). The number of nitrogens with zero attached hydrogens (tertiary/aromatic N) is 3. The summed E-state index contributed by atoms with van der Waals surface area (Å²) in [6.45, 7) is 13.7. The van der Waals surface area contributed by atoms with Crippen molar-refractivity contribution in [3.8, 4) is 17.1 Å². The van der Waals surface area contributed by atoms with E-state index in [0.717, 1.165) is 16.7 Å². The molecular weight excluding hydrogens is 552 g/mol. The molecule has 2 atom stereocenters. The molecule has 1 aliphatic heterocycles. The van der Waals surface area contributed by atoms with Crippen LogP contribution in [0.25, 0.3) is 11.3 Å². The third kappa shape index (κ3) is 7.66. The van der Waals surface area contributed by atoms with E-state index in [4.69, 9.17) is 9.47 Å². The normalized spacial score (nSPS) is 17.7. The Morgan fingerprint density at radius 2 is 1.79 bits per heavy atom. The predicted molar refractivity (Wildman–Crippen MR) is 164 cm³/mol. The van der Waals surface area contributed by atoms with E-state index in [9.17, 15) is 13.2 Å². The van der Waals surface area contributed by atoms with E-state index in [1.807, 2.05) is 36.9 Å². The van der Waals surface area contributed by atoms with Crippen LogP contribution in [0.5, 0.6) is 5.88 Å². The topological polar surface area (TPSA) is 111 Å². The molecule has 9 nitrogen and oxygen atoms in total. The summed E-state index contributed by atoms with van der Waals surface area (Å²) in [5.74, 6) is 0.107. The smallest absolute Gasteiger partial charge is 0.264 e. The summed E-state index contributed by atoms with van der Waals surface area (Å²) in [5.41, 5.74) is 3.58. The highest BCUT2D eigenvalue weighted by Crippen LogP contribution is 2.31. The van der Waals surface area contributed by atoms with Crippen LogP contribution in [-0.4, -0.2) is 62.1 Å². The van der Waals surface area contributed by atoms with Gasteiger partial charge < -0.3 is 14.4 Å². The monoisotopic (exact) mass is 594 g/mol. The molecule has 1 aromatic heterocycles. The first-order valence-corrected chi connectivity index (χ1v) is 15.8. The zero-order chi connectivity index (χ0) is 30.7. The lowest BCUT2D eigenvalue weighted by atomic mass is 9.87. The van der Waals surface area contributed by atoms with Crippen molar-refractivity contribution in [2.75, 3.05) is 31.6 Å². The minimum absolute atomic E-state index is 0.0452. The van der Waals surface area contributed by atoms with Gasteiger partial charge in [-0.1, -0.05) is 52.0 Å². The molecular formula is C32H42N4O5S. The molecule has 2 heterocycles. The molecule has 0 saturated heterocycles. The van der Waals surface area contributed by atoms with E-state index in [0.29, 0.717) is 37.3 Å². The summed E-state index contributed by atoms with van der Waals surface area (Å²) in [4.78, 5) is 24.9. The van der Waals surface area contributed by atoms with Crippen LogP contribution in [0.3, 0.4) is 0 Å². The summed E-state index contributed by atoms with van der Waals surface area (Å²) < 4.78 is 41.2. The number of rotatable bonds is 7. The average Bonchev–Trinajstić information content (AvgIpc) is 2.90. The standard InChI is InChI=1S/C32H42N4O5S/c1-21(19-40-7)14-15-36-25(18-32(4,5)6)20-41-28-17-27(29-22(2)10-8-11-23(29)3)33-31(34-28)35-42(38,39)26-13-9-12-24(16-26)30(36)37/h8-13,16-17,21,25H,14-15,18-20H2,1-7H3,(H,33,34,35)/t21?,25-/m1/s1. The highest BCUT2D eigenvalue weighted by molar-refractivity contribution is 7.92. The largest absolute Gasteiger partial charge is 0.475 e. The van der Waals surface area contributed by atoms with E-state index in [-0.39, 0.29) is 46.6 Å². The van der Waals surface area contributed by atoms with Gasteiger partial charge in [0.15, 0.2) is 0 Å². The molecule has 0 saturated carbocycles. The second kappa shape index (κ2) is 12.8. The van der Waals surface area contributed by atoms with E-state index in [1.54, 1.807) is 25.3 Å². The minimum atomic E-state index is -4.11. The lowest BCUT2D eigenvalue weighted by molar-refractivity contribution is 0.0504. The molecule has 3 aromatic rings. The van der Waals surface area contributed by atoms with Gasteiger partial charge in [0.25, 0.3) is 15.9 Å². The number of hydrogen-bond acceptors (Lipinski definition) is 7. The maximum absolute atomic E-state index is 14.1. The molecule has 0 radical (unpaired) electrons. The molecule has 226 valence electrons. The maximum atomic E-state index is 14.1. The number of fused-ring (bicyclic) bond motifs is 4. The number of anilines is 1. The molecule has 10 heteroatoms. The van der Waals surface area contributed by atoms with Crippen molar-refractivity contribution in [1.29, 1.82) is 0 Å². The number of nitrogens with one attached hydrogen (secondary N) is 1. The fraction of sp³-hybridized carbons (Fsp3) is 0.469. The van der Waals surface area contributed by atoms with Crippen LogP contribution in [0.15, 0.2) is 53.4 Å². The van der Waals surface area contributed by atoms with Crippen LogP contribution in [0.1, 0.15) is 62.0 Å². The summed E-state index contributed by atoms with van der Waals surface area (Å²) in [5, 5.41) is 0. The number of benzene rings is 2. The van der Waals surface area contributed by atoms with Gasteiger partial charge in [-0.3, -0.25) is 4.79 Å². The predicted octanol–water partition coefficient (Wildman–Crippen LogP) is 5.87. The molecule has 42 heavy (non-hydrogen) atoms. The molecule has 1 amide bonds. The fourth-order valence-corrected chi connectivity index (χ4v) is 6.35. The van der Waals surface area contributed by atoms with Gasteiger partial charge in [-0.25, -0.2) is 18.1 Å². The number of ether oxygens (including phenoxy) is 2. The highest BCUT2D eigenvalue weighted by Gasteiger charge is 2.31. The minimum Gasteiger partial charge on any atom is -0.475 e. The Morgan fingerprint density at radius 3 is 2.45 bits per heavy atom. The first kappa shape index (κ1) is 31.4. The number of carbonyl (C=O) groups excluding carboxylic acids is 1. The summed E-state index contributed by atoms with van der Waals surface area (Å²) in [6.07, 6.45) is 1.38. The molecule has 0 fully saturated rings. The SMILES string of the molecule is COCC(C)CCN1C(=O)c2cccc(c2)S(=O)(=O)Nc2nc(cc(-c3c(C)cccc3C)n2)OC[C@H]1CC(C)(C)C. The van der Waals surface area contributed by atoms with Crippen molar-refractivity contribution in [3.63, 3.8) is 0 Å². The van der Waals surface area contributed by atoms with Crippen LogP contribution >= 0.6 is 0 Å². The molecule has 1 unspecified atom stereocenters. The van der Waals surface area contributed by atoms with Crippen LogP contribution in [0.2, 0.25) is 0 Å². The number of amides is 1. The van der Waals surface area contributed by atoms with E-state index in [2.05, 4.69) is 42.4 Å². The molecule has 0 spiro atoms. The van der Waals surface area contributed by atoms with Crippen LogP contribution in [0.4, 0.5) is 5.95 Å². The van der Waals surface area contributed by atoms with Crippen molar-refractivity contribution in [2.24, 2.45) is 11.3 Å². The van der Waals surface area contributed by atoms with Crippen molar-refractivity contribution in [1.82, 2.24) is 14.9 Å². The van der Waals surface area contributed by atoms with Gasteiger partial charge in [-0.05, 0) is 67.3 Å². The maximum Gasteiger partial charge on any atom is 0.264 e. The Balaban J connectivity index is 1.87. The lowest BCUT2D eigenvalue weighted by Gasteiger charge is -2.36. The number of methoxy groups -OCH3 is 1. The third-order valence-corrected chi connectivity index (χ3v) is 8.67. The molecule has 0 aliphatic carbocycles. The molecule has 2 aromatic carbocycles. The Bertz CT molecular complexity index is 1510. The highest BCUT2D eigenvalue weighted by atomic mass is 32.2. The number of carbonyl (C=O) groups is 1. The van der Waals surface area contributed by atoms with Gasteiger partial charge in [-0.15, -0.1) is 0 Å². The third-order valence-electron chi connectivity index (χ3n) is 7.34. The first-order valence-electron chi connectivity index (χ1n) is 14.3. The van der Waals surface area contributed by atoms with E-state index < -0.39 is 10.0 Å². The molecule has 1 aliphatic rings. The lowest BCUT2D eigenvalue weighted by Crippen LogP contribution is -2.46. The average molecular weight is 595 g/mol. The van der Waals surface area contributed by atoms with Crippen LogP contribution in [0, 0.1) is 25.2 Å². The summed E-state index contributed by atoms with van der Waals surface area (Å²) in [7, 11) is -2.45. The van der Waals surface area contributed by atoms with Crippen molar-refractivity contribution in [2.45, 2.75) is 65.3 Å². The Morgan fingerprint density at radius 1 is 1.10 bits per heavy atom. The van der Waals surface area contributed by atoms with Crippen LogP contribution in [-0.2, 0) is 14.8 Å².